The Morgan fingerprint density at radius 2 is 2.20 bits per heavy atom. The molecule has 6 nitrogen and oxygen atoms in total. The molecule has 0 spiro atoms. The van der Waals surface area contributed by atoms with Gasteiger partial charge in [-0.3, -0.25) is 0 Å². The lowest BCUT2D eigenvalue weighted by atomic mass is 10.2. The molecule has 1 heterocycles. The fourth-order valence-electron chi connectivity index (χ4n) is 1.40. The summed E-state index contributed by atoms with van der Waals surface area (Å²) in [4.78, 5) is 5.49. The number of hydrogen-bond donors (Lipinski definition) is 0. The van der Waals surface area contributed by atoms with E-state index in [-0.39, 0.29) is 6.29 Å². The monoisotopic (exact) mass is 217 g/mol. The Hall–Kier alpha value is -1.04. The Morgan fingerprint density at radius 1 is 1.47 bits per heavy atom. The molecule has 0 bridgehead atoms. The molecule has 0 aromatic rings. The number of hydrazine groups is 1. The lowest BCUT2D eigenvalue weighted by molar-refractivity contribution is -0.712. The first-order valence-electron chi connectivity index (χ1n) is 5.48. The summed E-state index contributed by atoms with van der Waals surface area (Å²) in [5.74, 6) is 0. The molecule has 15 heavy (non-hydrogen) atoms. The van der Waals surface area contributed by atoms with Crippen LogP contribution in [0.4, 0.5) is 0 Å². The van der Waals surface area contributed by atoms with Gasteiger partial charge in [-0.15, -0.1) is 5.01 Å². The fourth-order valence-corrected chi connectivity index (χ4v) is 1.40. The van der Waals surface area contributed by atoms with Crippen molar-refractivity contribution in [1.29, 1.82) is 0 Å². The molecule has 1 fully saturated rings. The van der Waals surface area contributed by atoms with E-state index in [1.807, 2.05) is 13.8 Å². The first-order chi connectivity index (χ1) is 7.27. The number of nitrogens with zero attached hydrogens (tertiary/aromatic N) is 3. The first kappa shape index (κ1) is 12.0. The van der Waals surface area contributed by atoms with Gasteiger partial charge < -0.3 is 14.8 Å². The molecule has 0 N–H and O–H groups in total. The van der Waals surface area contributed by atoms with Crippen molar-refractivity contribution in [1.82, 2.24) is 5.01 Å². The highest BCUT2D eigenvalue weighted by molar-refractivity contribution is 4.52. The van der Waals surface area contributed by atoms with Crippen LogP contribution in [0, 0.1) is 5.21 Å². The predicted molar refractivity (Wildman–Crippen MR) is 53.7 cm³/mol. The van der Waals surface area contributed by atoms with Gasteiger partial charge in [-0.05, 0) is 26.7 Å². The summed E-state index contributed by atoms with van der Waals surface area (Å²) in [5, 5.41) is 16.3. The molecule has 1 aliphatic rings. The summed E-state index contributed by atoms with van der Waals surface area (Å²) in [6.07, 6.45) is 2.56. The molecular formula is C9H19N3O3. The van der Waals surface area contributed by atoms with Gasteiger partial charge >= 0.3 is 0 Å². The van der Waals surface area contributed by atoms with Crippen molar-refractivity contribution in [2.24, 2.45) is 5.28 Å². The molecule has 0 saturated carbocycles. The summed E-state index contributed by atoms with van der Waals surface area (Å²) >= 11 is 0. The Kier molecular flexibility index (Phi) is 5.17. The quantitative estimate of drug-likeness (QED) is 0.399. The zero-order valence-corrected chi connectivity index (χ0v) is 9.39. The van der Waals surface area contributed by atoms with Crippen molar-refractivity contribution < 1.29 is 14.5 Å². The number of rotatable bonds is 5. The molecule has 1 rings (SSSR count). The van der Waals surface area contributed by atoms with E-state index in [0.29, 0.717) is 24.7 Å². The van der Waals surface area contributed by atoms with Gasteiger partial charge in [-0.25, -0.2) is 0 Å². The van der Waals surface area contributed by atoms with Crippen molar-refractivity contribution in [2.75, 3.05) is 19.7 Å². The van der Waals surface area contributed by atoms with Crippen molar-refractivity contribution in [3.05, 3.63) is 5.21 Å². The summed E-state index contributed by atoms with van der Waals surface area (Å²) in [6.45, 7) is 5.68. The first-order valence-corrected chi connectivity index (χ1v) is 5.48. The number of ether oxygens (including phenoxy) is 1. The van der Waals surface area contributed by atoms with E-state index >= 15 is 0 Å². The van der Waals surface area contributed by atoms with Crippen molar-refractivity contribution in [3.63, 3.8) is 0 Å². The SMILES string of the molecule is CCN(CC)/[N+]([O-])=N\OC1CCCCO1. The zero-order valence-electron chi connectivity index (χ0n) is 9.39. The molecule has 88 valence electrons. The van der Waals surface area contributed by atoms with Crippen LogP contribution < -0.4 is 0 Å². The smallest absolute Gasteiger partial charge is 0.236 e. The van der Waals surface area contributed by atoms with Crippen LogP contribution in [0.1, 0.15) is 33.1 Å². The minimum absolute atomic E-state index is 0.356. The summed E-state index contributed by atoms with van der Waals surface area (Å²) in [7, 11) is 0. The van der Waals surface area contributed by atoms with Gasteiger partial charge in [-0.2, -0.15) is 0 Å². The van der Waals surface area contributed by atoms with Crippen LogP contribution >= 0.6 is 0 Å². The molecule has 0 aliphatic carbocycles. The van der Waals surface area contributed by atoms with Crippen LogP contribution in [0.25, 0.3) is 0 Å². The second kappa shape index (κ2) is 6.44. The third-order valence-electron chi connectivity index (χ3n) is 2.34. The summed E-state index contributed by atoms with van der Waals surface area (Å²) in [6, 6.07) is 0. The molecule has 0 amide bonds. The molecule has 0 radical (unpaired) electrons. The maximum atomic E-state index is 11.3. The third kappa shape index (κ3) is 3.91. The minimum Gasteiger partial charge on any atom is -0.569 e. The van der Waals surface area contributed by atoms with Crippen LogP contribution in [0.3, 0.4) is 0 Å². The largest absolute Gasteiger partial charge is 0.569 e. The van der Waals surface area contributed by atoms with Gasteiger partial charge in [0.2, 0.25) is 11.6 Å². The van der Waals surface area contributed by atoms with E-state index in [1.54, 1.807) is 0 Å². The predicted octanol–water partition coefficient (Wildman–Crippen LogP) is 1.66. The zero-order chi connectivity index (χ0) is 11.1. The average Bonchev–Trinajstić information content (AvgIpc) is 2.29. The molecule has 1 atom stereocenters. The molecule has 0 aromatic carbocycles. The van der Waals surface area contributed by atoms with Gasteiger partial charge in [-0.1, -0.05) is 0 Å². The Morgan fingerprint density at radius 3 is 2.73 bits per heavy atom. The van der Waals surface area contributed by atoms with Gasteiger partial charge in [0, 0.05) is 6.42 Å². The Bertz CT molecular complexity index is 201. The molecule has 1 aliphatic heterocycles. The molecule has 1 saturated heterocycles. The highest BCUT2D eigenvalue weighted by Gasteiger charge is 2.17. The van der Waals surface area contributed by atoms with Crippen molar-refractivity contribution >= 4 is 0 Å². The number of hydrogen-bond acceptors (Lipinski definition) is 4. The van der Waals surface area contributed by atoms with E-state index in [1.165, 1.54) is 5.01 Å². The summed E-state index contributed by atoms with van der Waals surface area (Å²) in [5.41, 5.74) is 0. The van der Waals surface area contributed by atoms with E-state index in [4.69, 9.17) is 9.57 Å². The normalized spacial score (nSPS) is 22.5. The fraction of sp³-hybridized carbons (Fsp3) is 1.00. The lowest BCUT2D eigenvalue weighted by Crippen LogP contribution is -2.31. The van der Waals surface area contributed by atoms with E-state index in [2.05, 4.69) is 5.28 Å². The maximum absolute atomic E-state index is 11.3. The minimum atomic E-state index is -0.356. The standard InChI is InChI=1S/C9H19N3O3/c1-3-11(4-2)12(13)10-15-9-7-5-6-8-14-9/h9H,3-8H2,1-2H3/b12-10+. The third-order valence-corrected chi connectivity index (χ3v) is 2.34. The van der Waals surface area contributed by atoms with Crippen LogP contribution in [0.2, 0.25) is 0 Å². The van der Waals surface area contributed by atoms with Gasteiger partial charge in [0.25, 0.3) is 0 Å². The summed E-state index contributed by atoms with van der Waals surface area (Å²) < 4.78 is 5.28. The Labute approximate surface area is 90.0 Å². The highest BCUT2D eigenvalue weighted by Crippen LogP contribution is 2.13. The van der Waals surface area contributed by atoms with Gasteiger partial charge in [0.05, 0.1) is 24.7 Å². The van der Waals surface area contributed by atoms with Gasteiger partial charge in [0.1, 0.15) is 0 Å². The van der Waals surface area contributed by atoms with Crippen molar-refractivity contribution in [2.45, 2.75) is 39.4 Å². The highest BCUT2D eigenvalue weighted by atomic mass is 16.8. The molecule has 6 heteroatoms. The van der Waals surface area contributed by atoms with Crippen LogP contribution in [0.15, 0.2) is 5.28 Å². The van der Waals surface area contributed by atoms with E-state index in [9.17, 15) is 5.21 Å². The molecular weight excluding hydrogens is 198 g/mol. The average molecular weight is 217 g/mol. The van der Waals surface area contributed by atoms with Crippen LogP contribution in [0.5, 0.6) is 0 Å². The lowest BCUT2D eigenvalue weighted by Gasteiger charge is -2.19. The van der Waals surface area contributed by atoms with Crippen LogP contribution in [-0.4, -0.2) is 36.0 Å². The maximum Gasteiger partial charge on any atom is 0.236 e. The molecule has 1 unspecified atom stereocenters. The second-order valence-corrected chi connectivity index (χ2v) is 3.37. The van der Waals surface area contributed by atoms with E-state index < -0.39 is 0 Å². The second-order valence-electron chi connectivity index (χ2n) is 3.37. The van der Waals surface area contributed by atoms with E-state index in [0.717, 1.165) is 19.3 Å². The topological polar surface area (TPSA) is 60.1 Å². The Balaban J connectivity index is 2.34. The van der Waals surface area contributed by atoms with Crippen molar-refractivity contribution in [3.8, 4) is 0 Å². The van der Waals surface area contributed by atoms with Crippen LogP contribution in [-0.2, 0) is 9.57 Å². The molecule has 0 aromatic heterocycles. The van der Waals surface area contributed by atoms with Gasteiger partial charge in [0.15, 0.2) is 0 Å².